The van der Waals surface area contributed by atoms with Crippen molar-refractivity contribution in [3.8, 4) is 0 Å². The maximum atomic E-state index is 11.7. The molecule has 1 aliphatic carbocycles. The quantitative estimate of drug-likeness (QED) is 0.647. The Morgan fingerprint density at radius 2 is 2.06 bits per heavy atom. The van der Waals surface area contributed by atoms with Gasteiger partial charge in [0.05, 0.1) is 16.9 Å². The van der Waals surface area contributed by atoms with E-state index in [9.17, 15) is 9.59 Å². The Balaban J connectivity index is 2.42. The lowest BCUT2D eigenvalue weighted by atomic mass is 10.1. The molecule has 0 atom stereocenters. The minimum absolute atomic E-state index is 0.00748. The van der Waals surface area contributed by atoms with Crippen molar-refractivity contribution in [1.29, 1.82) is 0 Å². The number of thiocarbonyl (C=S) groups is 1. The van der Waals surface area contributed by atoms with Crippen LogP contribution in [0.4, 0.5) is 0 Å². The van der Waals surface area contributed by atoms with Crippen LogP contribution in [0.25, 0.3) is 0 Å². The average molecular weight is 243 g/mol. The summed E-state index contributed by atoms with van der Waals surface area (Å²) in [6.07, 6.45) is 1.37. The highest BCUT2D eigenvalue weighted by Gasteiger charge is 2.52. The van der Waals surface area contributed by atoms with Crippen LogP contribution in [0.3, 0.4) is 0 Å². The highest BCUT2D eigenvalue weighted by atomic mass is 32.1. The van der Waals surface area contributed by atoms with E-state index in [1.54, 1.807) is 11.9 Å². The molecular formula is C10H17N3O2S. The Hall–Kier alpha value is -1.17. The molecule has 0 aromatic heterocycles. The van der Waals surface area contributed by atoms with Crippen LogP contribution in [-0.2, 0) is 9.59 Å². The van der Waals surface area contributed by atoms with Crippen LogP contribution in [0.1, 0.15) is 19.8 Å². The van der Waals surface area contributed by atoms with Gasteiger partial charge in [-0.1, -0.05) is 12.2 Å². The SMILES string of the molecule is CCN(C)C(=O)CNC(=O)C1(C(N)=S)CC1. The Labute approximate surface area is 100 Å². The molecule has 90 valence electrons. The van der Waals surface area contributed by atoms with Gasteiger partial charge in [-0.2, -0.15) is 0 Å². The van der Waals surface area contributed by atoms with E-state index in [0.29, 0.717) is 19.4 Å². The molecule has 0 spiro atoms. The molecule has 0 bridgehead atoms. The highest BCUT2D eigenvalue weighted by Crippen LogP contribution is 2.46. The molecule has 1 rings (SSSR count). The van der Waals surface area contributed by atoms with E-state index in [0.717, 1.165) is 0 Å². The molecule has 2 amide bonds. The molecule has 5 nitrogen and oxygen atoms in total. The van der Waals surface area contributed by atoms with Crippen molar-refractivity contribution in [3.63, 3.8) is 0 Å². The van der Waals surface area contributed by atoms with E-state index in [1.165, 1.54) is 0 Å². The topological polar surface area (TPSA) is 75.4 Å². The fourth-order valence-electron chi connectivity index (χ4n) is 1.35. The largest absolute Gasteiger partial charge is 0.392 e. The third-order valence-electron chi connectivity index (χ3n) is 2.96. The molecule has 1 aliphatic rings. The number of carbonyl (C=O) groups is 2. The average Bonchev–Trinajstić information content (AvgIpc) is 3.05. The zero-order valence-electron chi connectivity index (χ0n) is 9.58. The third kappa shape index (κ3) is 2.49. The number of amides is 2. The summed E-state index contributed by atoms with van der Waals surface area (Å²) in [6, 6.07) is 0. The molecule has 6 heteroatoms. The summed E-state index contributed by atoms with van der Waals surface area (Å²) in [5.74, 6) is -0.340. The van der Waals surface area contributed by atoms with Gasteiger partial charge in [0.15, 0.2) is 0 Å². The second kappa shape index (κ2) is 4.78. The molecule has 0 aliphatic heterocycles. The lowest BCUT2D eigenvalue weighted by Gasteiger charge is -2.17. The van der Waals surface area contributed by atoms with Crippen LogP contribution in [0.2, 0.25) is 0 Å². The number of hydrogen-bond donors (Lipinski definition) is 2. The van der Waals surface area contributed by atoms with Gasteiger partial charge < -0.3 is 16.0 Å². The van der Waals surface area contributed by atoms with Gasteiger partial charge in [0.2, 0.25) is 11.8 Å². The fraction of sp³-hybridized carbons (Fsp3) is 0.700. The van der Waals surface area contributed by atoms with Gasteiger partial charge in [-0.05, 0) is 19.8 Å². The number of rotatable bonds is 5. The van der Waals surface area contributed by atoms with Gasteiger partial charge in [-0.3, -0.25) is 9.59 Å². The molecule has 0 unspecified atom stereocenters. The number of hydrogen-bond acceptors (Lipinski definition) is 3. The van der Waals surface area contributed by atoms with Gasteiger partial charge in [0, 0.05) is 13.6 Å². The highest BCUT2D eigenvalue weighted by molar-refractivity contribution is 7.80. The van der Waals surface area contributed by atoms with Crippen LogP contribution in [0.5, 0.6) is 0 Å². The normalized spacial score (nSPS) is 16.4. The summed E-state index contributed by atoms with van der Waals surface area (Å²) in [5, 5.41) is 2.58. The van der Waals surface area contributed by atoms with Crippen molar-refractivity contribution < 1.29 is 9.59 Å². The van der Waals surface area contributed by atoms with Crippen LogP contribution >= 0.6 is 12.2 Å². The maximum Gasteiger partial charge on any atom is 0.241 e. The van der Waals surface area contributed by atoms with Gasteiger partial charge in [-0.15, -0.1) is 0 Å². The number of likely N-dealkylation sites (N-methyl/N-ethyl adjacent to an activating group) is 1. The molecular weight excluding hydrogens is 226 g/mol. The first-order valence-electron chi connectivity index (χ1n) is 5.26. The van der Waals surface area contributed by atoms with E-state index in [-0.39, 0.29) is 23.3 Å². The Bertz CT molecular complexity index is 326. The third-order valence-corrected chi connectivity index (χ3v) is 3.35. The summed E-state index contributed by atoms with van der Waals surface area (Å²) in [5.41, 5.74) is 4.82. The number of nitrogens with two attached hydrogens (primary N) is 1. The smallest absolute Gasteiger partial charge is 0.241 e. The molecule has 1 fully saturated rings. The van der Waals surface area contributed by atoms with Gasteiger partial charge in [-0.25, -0.2) is 0 Å². The predicted octanol–water partition coefficient (Wildman–Crippen LogP) is -0.353. The Morgan fingerprint density at radius 1 is 1.50 bits per heavy atom. The van der Waals surface area contributed by atoms with E-state index in [4.69, 9.17) is 18.0 Å². The second-order valence-electron chi connectivity index (χ2n) is 4.04. The summed E-state index contributed by atoms with van der Waals surface area (Å²) < 4.78 is 0. The first-order valence-corrected chi connectivity index (χ1v) is 5.67. The standard InChI is InChI=1S/C10H17N3O2S/c1-3-13(2)7(14)6-12-9(15)10(4-5-10)8(11)16/h3-6H2,1-2H3,(H2,11,16)(H,12,15). The van der Waals surface area contributed by atoms with Crippen LogP contribution in [0.15, 0.2) is 0 Å². The molecule has 0 saturated heterocycles. The van der Waals surface area contributed by atoms with Crippen molar-refractivity contribution in [2.24, 2.45) is 11.1 Å². The summed E-state index contributed by atoms with van der Waals surface area (Å²) in [4.78, 5) is 24.9. The number of nitrogens with one attached hydrogen (secondary N) is 1. The molecule has 0 radical (unpaired) electrons. The van der Waals surface area contributed by atoms with Gasteiger partial charge in [0.1, 0.15) is 0 Å². The molecule has 0 aromatic carbocycles. The van der Waals surface area contributed by atoms with E-state index in [1.807, 2.05) is 6.92 Å². The van der Waals surface area contributed by atoms with Crippen LogP contribution in [-0.4, -0.2) is 41.8 Å². The zero-order chi connectivity index (χ0) is 12.3. The molecule has 0 heterocycles. The lowest BCUT2D eigenvalue weighted by Crippen LogP contribution is -2.44. The van der Waals surface area contributed by atoms with Gasteiger partial charge >= 0.3 is 0 Å². The minimum Gasteiger partial charge on any atom is -0.392 e. The van der Waals surface area contributed by atoms with Crippen molar-refractivity contribution in [1.82, 2.24) is 10.2 Å². The lowest BCUT2D eigenvalue weighted by molar-refractivity contribution is -0.132. The number of carbonyl (C=O) groups excluding carboxylic acids is 2. The summed E-state index contributed by atoms with van der Waals surface area (Å²) in [7, 11) is 1.69. The minimum atomic E-state index is -0.680. The van der Waals surface area contributed by atoms with E-state index in [2.05, 4.69) is 5.32 Å². The van der Waals surface area contributed by atoms with E-state index >= 15 is 0 Å². The fourth-order valence-corrected chi connectivity index (χ4v) is 1.64. The van der Waals surface area contributed by atoms with Crippen LogP contribution < -0.4 is 11.1 Å². The van der Waals surface area contributed by atoms with Crippen molar-refractivity contribution in [2.45, 2.75) is 19.8 Å². The first kappa shape index (κ1) is 12.9. The zero-order valence-corrected chi connectivity index (χ0v) is 10.4. The molecule has 1 saturated carbocycles. The first-order chi connectivity index (χ1) is 7.44. The maximum absolute atomic E-state index is 11.7. The Morgan fingerprint density at radius 3 is 2.44 bits per heavy atom. The summed E-state index contributed by atoms with van der Waals surface area (Å²) >= 11 is 4.85. The van der Waals surface area contributed by atoms with Crippen LogP contribution in [0, 0.1) is 5.41 Å². The monoisotopic (exact) mass is 243 g/mol. The number of nitrogens with zero attached hydrogens (tertiary/aromatic N) is 1. The predicted molar refractivity (Wildman–Crippen MR) is 64.8 cm³/mol. The van der Waals surface area contributed by atoms with Crippen molar-refractivity contribution in [2.75, 3.05) is 20.1 Å². The van der Waals surface area contributed by atoms with Gasteiger partial charge in [0.25, 0.3) is 0 Å². The Kier molecular flexibility index (Phi) is 3.85. The molecule has 16 heavy (non-hydrogen) atoms. The van der Waals surface area contributed by atoms with Crippen molar-refractivity contribution in [3.05, 3.63) is 0 Å². The summed E-state index contributed by atoms with van der Waals surface area (Å²) in [6.45, 7) is 2.50. The molecule has 3 N–H and O–H groups in total. The van der Waals surface area contributed by atoms with Crippen molar-refractivity contribution >= 4 is 29.0 Å². The molecule has 0 aromatic rings. The van der Waals surface area contributed by atoms with E-state index < -0.39 is 5.41 Å². The second-order valence-corrected chi connectivity index (χ2v) is 4.48.